The first-order chi connectivity index (χ1) is 14.7. The number of ether oxygens (including phenoxy) is 2. The lowest BCUT2D eigenvalue weighted by Crippen LogP contribution is -2.49. The Kier molecular flexibility index (Phi) is 9.73. The average molecular weight is 573 g/mol. The van der Waals surface area contributed by atoms with Crippen LogP contribution in [0.5, 0.6) is 11.5 Å². The number of nitrogens with one attached hydrogen (secondary N) is 3. The van der Waals surface area contributed by atoms with Crippen LogP contribution in [0.1, 0.15) is 29.8 Å². The third-order valence-corrected chi connectivity index (χ3v) is 5.01. The zero-order chi connectivity index (χ0) is 23.0. The van der Waals surface area contributed by atoms with E-state index < -0.39 is 11.8 Å². The predicted molar refractivity (Wildman–Crippen MR) is 130 cm³/mol. The summed E-state index contributed by atoms with van der Waals surface area (Å²) in [5, 5.41) is 2.45. The Balaban J connectivity index is 1.80. The molecule has 2 amide bonds. The van der Waals surface area contributed by atoms with Gasteiger partial charge in [-0.25, -0.2) is 0 Å². The molecule has 0 fully saturated rings. The van der Waals surface area contributed by atoms with Crippen molar-refractivity contribution in [2.45, 2.75) is 20.8 Å². The van der Waals surface area contributed by atoms with Crippen LogP contribution in [0.4, 0.5) is 0 Å². The monoisotopic (exact) mass is 571 g/mol. The molecule has 0 aliphatic carbocycles. The van der Waals surface area contributed by atoms with Crippen LogP contribution in [-0.2, 0) is 4.79 Å². The van der Waals surface area contributed by atoms with Crippen molar-refractivity contribution in [3.8, 4) is 11.5 Å². The van der Waals surface area contributed by atoms with Gasteiger partial charge in [-0.1, -0.05) is 35.8 Å². The SMILES string of the molecule is Cc1cc(Br)cc(Br)c1OCC(=O)NNC(=S)NC(=O)c1cccc(OCC(C)C)c1. The molecule has 0 saturated carbocycles. The van der Waals surface area contributed by atoms with Crippen LogP contribution >= 0.6 is 44.1 Å². The first-order valence-corrected chi connectivity index (χ1v) is 11.4. The van der Waals surface area contributed by atoms with Crippen LogP contribution in [0.2, 0.25) is 0 Å². The zero-order valence-electron chi connectivity index (χ0n) is 17.3. The van der Waals surface area contributed by atoms with Gasteiger partial charge in [0, 0.05) is 10.0 Å². The Hall–Kier alpha value is -2.17. The number of benzene rings is 2. The number of rotatable bonds is 7. The molecule has 0 aromatic heterocycles. The maximum atomic E-state index is 12.4. The Bertz CT molecular complexity index is 946. The molecule has 0 aliphatic rings. The molecule has 2 rings (SSSR count). The highest BCUT2D eigenvalue weighted by Gasteiger charge is 2.12. The summed E-state index contributed by atoms with van der Waals surface area (Å²) >= 11 is 11.9. The average Bonchev–Trinajstić information content (AvgIpc) is 2.70. The van der Waals surface area contributed by atoms with Crippen molar-refractivity contribution < 1.29 is 19.1 Å². The molecule has 0 spiro atoms. The number of hydrazine groups is 1. The minimum Gasteiger partial charge on any atom is -0.493 e. The first kappa shape index (κ1) is 25.1. The third kappa shape index (κ3) is 8.47. The second kappa shape index (κ2) is 12.0. The van der Waals surface area contributed by atoms with E-state index in [0.29, 0.717) is 29.6 Å². The summed E-state index contributed by atoms with van der Waals surface area (Å²) < 4.78 is 12.8. The Morgan fingerprint density at radius 2 is 1.84 bits per heavy atom. The number of carbonyl (C=O) groups is 2. The molecule has 2 aromatic carbocycles. The molecule has 7 nitrogen and oxygen atoms in total. The number of hydrogen-bond donors (Lipinski definition) is 3. The van der Waals surface area contributed by atoms with Crippen LogP contribution in [-0.4, -0.2) is 30.1 Å². The lowest BCUT2D eigenvalue weighted by molar-refractivity contribution is -0.123. The van der Waals surface area contributed by atoms with E-state index >= 15 is 0 Å². The Labute approximate surface area is 203 Å². The molecule has 31 heavy (non-hydrogen) atoms. The first-order valence-electron chi connectivity index (χ1n) is 9.37. The minimum absolute atomic E-state index is 0.0483. The van der Waals surface area contributed by atoms with Crippen molar-refractivity contribution in [3.05, 3.63) is 56.5 Å². The smallest absolute Gasteiger partial charge is 0.276 e. The van der Waals surface area contributed by atoms with E-state index in [1.54, 1.807) is 24.3 Å². The summed E-state index contributed by atoms with van der Waals surface area (Å²) in [7, 11) is 0. The molecule has 0 aliphatic heterocycles. The van der Waals surface area contributed by atoms with Crippen LogP contribution in [0.15, 0.2) is 45.3 Å². The molecule has 166 valence electrons. The van der Waals surface area contributed by atoms with Crippen molar-refractivity contribution in [2.75, 3.05) is 13.2 Å². The molecule has 0 atom stereocenters. The number of aryl methyl sites for hydroxylation is 1. The lowest BCUT2D eigenvalue weighted by Gasteiger charge is -2.14. The molecule has 0 saturated heterocycles. The standard InChI is InChI=1S/C21H23Br2N3O4S/c1-12(2)10-29-16-6-4-5-14(8-16)20(28)24-21(31)26-25-18(27)11-30-19-13(3)7-15(22)9-17(19)23/h4-9,12H,10-11H2,1-3H3,(H,25,27)(H2,24,26,28,31). The van der Waals surface area contributed by atoms with Gasteiger partial charge in [-0.2, -0.15) is 0 Å². The van der Waals surface area contributed by atoms with Gasteiger partial charge in [0.1, 0.15) is 11.5 Å². The minimum atomic E-state index is -0.463. The highest BCUT2D eigenvalue weighted by atomic mass is 79.9. The van der Waals surface area contributed by atoms with Crippen LogP contribution in [0.3, 0.4) is 0 Å². The van der Waals surface area contributed by atoms with Gasteiger partial charge in [0.15, 0.2) is 11.7 Å². The molecule has 0 bridgehead atoms. The number of thiocarbonyl (C=S) groups is 1. The summed E-state index contributed by atoms with van der Waals surface area (Å²) in [4.78, 5) is 24.4. The maximum Gasteiger partial charge on any atom is 0.276 e. The van der Waals surface area contributed by atoms with Gasteiger partial charge in [-0.15, -0.1) is 0 Å². The van der Waals surface area contributed by atoms with Gasteiger partial charge < -0.3 is 9.47 Å². The van der Waals surface area contributed by atoms with E-state index in [0.717, 1.165) is 14.5 Å². The molecule has 0 heterocycles. The van der Waals surface area contributed by atoms with Crippen LogP contribution in [0.25, 0.3) is 0 Å². The Morgan fingerprint density at radius 1 is 1.10 bits per heavy atom. The summed E-state index contributed by atoms with van der Waals surface area (Å²) in [5.74, 6) is 0.645. The fraction of sp³-hybridized carbons (Fsp3) is 0.286. The van der Waals surface area contributed by atoms with Crippen LogP contribution < -0.4 is 25.6 Å². The maximum absolute atomic E-state index is 12.4. The second-order valence-electron chi connectivity index (χ2n) is 7.01. The molecule has 0 unspecified atom stereocenters. The number of carbonyl (C=O) groups excluding carboxylic acids is 2. The molecule has 2 aromatic rings. The molecule has 3 N–H and O–H groups in total. The number of amides is 2. The highest BCUT2D eigenvalue weighted by molar-refractivity contribution is 9.11. The fourth-order valence-electron chi connectivity index (χ4n) is 2.37. The van der Waals surface area contributed by atoms with Crippen LogP contribution in [0, 0.1) is 12.8 Å². The Morgan fingerprint density at radius 3 is 2.52 bits per heavy atom. The number of hydrogen-bond acceptors (Lipinski definition) is 5. The van der Waals surface area contributed by atoms with Crippen molar-refractivity contribution >= 4 is 61.0 Å². The summed E-state index contributed by atoms with van der Waals surface area (Å²) in [5.41, 5.74) is 6.12. The van der Waals surface area contributed by atoms with E-state index in [1.165, 1.54) is 0 Å². The van der Waals surface area contributed by atoms with E-state index in [9.17, 15) is 9.59 Å². The van der Waals surface area contributed by atoms with Gasteiger partial charge in [0.2, 0.25) is 0 Å². The van der Waals surface area contributed by atoms with Crippen molar-refractivity contribution in [1.82, 2.24) is 16.2 Å². The van der Waals surface area contributed by atoms with Gasteiger partial charge in [0.25, 0.3) is 11.8 Å². The normalized spacial score (nSPS) is 10.4. The molecular formula is C21H23Br2N3O4S. The summed E-state index contributed by atoms with van der Waals surface area (Å²) in [6.07, 6.45) is 0. The molecular weight excluding hydrogens is 550 g/mol. The van der Waals surface area contributed by atoms with Gasteiger partial charge in [0.05, 0.1) is 11.1 Å². The fourth-order valence-corrected chi connectivity index (χ4v) is 4.07. The van der Waals surface area contributed by atoms with E-state index in [-0.39, 0.29) is 11.7 Å². The van der Waals surface area contributed by atoms with Gasteiger partial charge >= 0.3 is 0 Å². The van der Waals surface area contributed by atoms with Crippen molar-refractivity contribution in [1.29, 1.82) is 0 Å². The van der Waals surface area contributed by atoms with Crippen molar-refractivity contribution in [3.63, 3.8) is 0 Å². The largest absolute Gasteiger partial charge is 0.493 e. The summed E-state index contributed by atoms with van der Waals surface area (Å²) in [6.45, 7) is 6.27. The lowest BCUT2D eigenvalue weighted by atomic mass is 10.2. The second-order valence-corrected chi connectivity index (χ2v) is 9.19. The van der Waals surface area contributed by atoms with Gasteiger partial charge in [-0.05, 0) is 76.9 Å². The molecule has 10 heteroatoms. The van der Waals surface area contributed by atoms with E-state index in [4.69, 9.17) is 21.7 Å². The highest BCUT2D eigenvalue weighted by Crippen LogP contribution is 2.32. The quantitative estimate of drug-likeness (QED) is 0.339. The van der Waals surface area contributed by atoms with Crippen molar-refractivity contribution in [2.24, 2.45) is 5.92 Å². The predicted octanol–water partition coefficient (Wildman–Crippen LogP) is 4.27. The van der Waals surface area contributed by atoms with E-state index in [2.05, 4.69) is 48.0 Å². The van der Waals surface area contributed by atoms with Gasteiger partial charge in [-0.3, -0.25) is 25.8 Å². The third-order valence-electron chi connectivity index (χ3n) is 3.76. The molecule has 0 radical (unpaired) electrons. The van der Waals surface area contributed by atoms with E-state index in [1.807, 2.05) is 32.9 Å². The summed E-state index contributed by atoms with van der Waals surface area (Å²) in [6, 6.07) is 10.5. The number of halogens is 2. The topological polar surface area (TPSA) is 88.7 Å². The zero-order valence-corrected chi connectivity index (χ0v) is 21.2.